The third-order valence-electron chi connectivity index (χ3n) is 5.63. The van der Waals surface area contributed by atoms with Crippen LogP contribution in [-0.4, -0.2) is 55.3 Å². The van der Waals surface area contributed by atoms with E-state index in [1.807, 2.05) is 31.3 Å². The van der Waals surface area contributed by atoms with Gasteiger partial charge in [-0.15, -0.1) is 0 Å². The maximum Gasteiger partial charge on any atom is 0.387 e. The number of likely N-dealkylation sites (tertiary alicyclic amines) is 1. The van der Waals surface area contributed by atoms with Gasteiger partial charge < -0.3 is 14.4 Å². The third kappa shape index (κ3) is 4.33. The zero-order valence-corrected chi connectivity index (χ0v) is 16.8. The molecule has 1 aromatic heterocycles. The van der Waals surface area contributed by atoms with Crippen molar-refractivity contribution < 1.29 is 18.3 Å². The summed E-state index contributed by atoms with van der Waals surface area (Å²) in [5.74, 6) is 0.898. The number of hydrogen-bond donors (Lipinski definition) is 0. The number of ether oxygens (including phenoxy) is 2. The van der Waals surface area contributed by atoms with E-state index in [2.05, 4.69) is 14.6 Å². The molecule has 0 amide bonds. The number of benzene rings is 1. The first-order chi connectivity index (χ1) is 13.9. The summed E-state index contributed by atoms with van der Waals surface area (Å²) >= 11 is 0. The zero-order valence-electron chi connectivity index (χ0n) is 16.8. The Bertz CT molecular complexity index is 854. The minimum atomic E-state index is -2.81. The van der Waals surface area contributed by atoms with Crippen LogP contribution >= 0.6 is 0 Å². The topological polar surface area (TPSA) is 50.7 Å². The monoisotopic (exact) mass is 404 g/mol. The van der Waals surface area contributed by atoms with Gasteiger partial charge in [-0.05, 0) is 42.5 Å². The highest BCUT2D eigenvalue weighted by molar-refractivity contribution is 5.36. The van der Waals surface area contributed by atoms with Gasteiger partial charge in [-0.3, -0.25) is 4.90 Å². The molecule has 3 heterocycles. The number of rotatable bonds is 5. The second-order valence-electron chi connectivity index (χ2n) is 7.83. The lowest BCUT2D eigenvalue weighted by molar-refractivity contribution is -0.102. The predicted molar refractivity (Wildman–Crippen MR) is 105 cm³/mol. The molecule has 0 bridgehead atoms. The quantitative estimate of drug-likeness (QED) is 0.763. The Morgan fingerprint density at radius 3 is 2.79 bits per heavy atom. The van der Waals surface area contributed by atoms with Gasteiger partial charge in [0.15, 0.2) is 0 Å². The number of nitrogens with zero attached hydrogens (tertiary/aromatic N) is 4. The molecule has 0 atom stereocenters. The highest BCUT2D eigenvalue weighted by Crippen LogP contribution is 2.41. The van der Waals surface area contributed by atoms with Crippen LogP contribution in [0.1, 0.15) is 29.7 Å². The normalized spacial score (nSPS) is 18.7. The molecule has 4 rings (SSSR count). The van der Waals surface area contributed by atoms with Crippen molar-refractivity contribution in [1.82, 2.24) is 14.9 Å². The fraction of sp³-hybridized carbons (Fsp3) is 0.524. The maximum absolute atomic E-state index is 12.5. The molecular formula is C21H26F2N4O2. The van der Waals surface area contributed by atoms with Gasteiger partial charge in [-0.2, -0.15) is 8.78 Å². The molecule has 6 nitrogen and oxygen atoms in total. The van der Waals surface area contributed by atoms with Gasteiger partial charge in [-0.25, -0.2) is 9.97 Å². The molecular weight excluding hydrogens is 378 g/mol. The lowest BCUT2D eigenvalue weighted by Crippen LogP contribution is -2.47. The van der Waals surface area contributed by atoms with Crippen LogP contribution in [0.3, 0.4) is 0 Å². The Kier molecular flexibility index (Phi) is 5.65. The molecule has 156 valence electrons. The van der Waals surface area contributed by atoms with Crippen molar-refractivity contribution in [3.8, 4) is 5.75 Å². The fourth-order valence-corrected chi connectivity index (χ4v) is 4.15. The molecule has 1 aromatic carbocycles. The molecule has 2 aliphatic rings. The molecule has 29 heavy (non-hydrogen) atoms. The van der Waals surface area contributed by atoms with Gasteiger partial charge in [0.25, 0.3) is 0 Å². The lowest BCUT2D eigenvalue weighted by atomic mass is 9.83. The van der Waals surface area contributed by atoms with Crippen LogP contribution in [0, 0.1) is 0 Å². The number of alkyl halides is 2. The first-order valence-corrected chi connectivity index (χ1v) is 9.89. The van der Waals surface area contributed by atoms with Crippen LogP contribution in [0.2, 0.25) is 0 Å². The van der Waals surface area contributed by atoms with E-state index in [0.29, 0.717) is 19.1 Å². The van der Waals surface area contributed by atoms with E-state index < -0.39 is 6.61 Å². The molecule has 0 aliphatic carbocycles. The summed E-state index contributed by atoms with van der Waals surface area (Å²) in [6, 6.07) is 6.92. The van der Waals surface area contributed by atoms with Crippen molar-refractivity contribution in [3.63, 3.8) is 0 Å². The second-order valence-corrected chi connectivity index (χ2v) is 7.83. The van der Waals surface area contributed by atoms with Gasteiger partial charge in [0.2, 0.25) is 5.95 Å². The zero-order chi connectivity index (χ0) is 20.4. The van der Waals surface area contributed by atoms with Crippen molar-refractivity contribution in [2.24, 2.45) is 0 Å². The van der Waals surface area contributed by atoms with Crippen molar-refractivity contribution in [3.05, 3.63) is 47.3 Å². The molecule has 1 saturated heterocycles. The lowest BCUT2D eigenvalue weighted by Gasteiger charge is -2.44. The molecule has 2 aromatic rings. The van der Waals surface area contributed by atoms with Crippen LogP contribution in [0.5, 0.6) is 5.75 Å². The van der Waals surface area contributed by atoms with Gasteiger partial charge in [-0.1, -0.05) is 12.1 Å². The van der Waals surface area contributed by atoms with E-state index in [4.69, 9.17) is 9.72 Å². The summed E-state index contributed by atoms with van der Waals surface area (Å²) in [6.07, 6.45) is 4.46. The minimum absolute atomic E-state index is 0.198. The van der Waals surface area contributed by atoms with Gasteiger partial charge in [0, 0.05) is 39.9 Å². The van der Waals surface area contributed by atoms with Crippen molar-refractivity contribution >= 4 is 5.95 Å². The summed E-state index contributed by atoms with van der Waals surface area (Å²) in [7, 11) is 3.87. The minimum Gasteiger partial charge on any atom is -0.435 e. The number of hydrogen-bond acceptors (Lipinski definition) is 6. The predicted octanol–water partition coefficient (Wildman–Crippen LogP) is 3.21. The fourth-order valence-electron chi connectivity index (χ4n) is 4.15. The first kappa shape index (κ1) is 20.0. The van der Waals surface area contributed by atoms with Gasteiger partial charge >= 0.3 is 6.61 Å². The summed E-state index contributed by atoms with van der Waals surface area (Å²) < 4.78 is 35.7. The molecule has 0 unspecified atom stereocenters. The molecule has 0 saturated carbocycles. The third-order valence-corrected chi connectivity index (χ3v) is 5.63. The van der Waals surface area contributed by atoms with Crippen molar-refractivity contribution in [2.75, 3.05) is 38.7 Å². The first-order valence-electron chi connectivity index (χ1n) is 9.89. The van der Waals surface area contributed by atoms with Crippen molar-refractivity contribution in [2.45, 2.75) is 38.0 Å². The molecule has 2 aliphatic heterocycles. The van der Waals surface area contributed by atoms with E-state index in [1.165, 1.54) is 5.56 Å². The van der Waals surface area contributed by atoms with Crippen molar-refractivity contribution in [1.29, 1.82) is 0 Å². The second kappa shape index (κ2) is 8.20. The SMILES string of the molecule is CN(C)c1ncc2c(n1)C1(CCN(Cc3cccc(OC(F)F)c3)CC1)OCC2. The standard InChI is InChI=1S/C21H26F2N4O2/c1-26(2)20-24-13-16-6-11-28-21(18(16)25-20)7-9-27(10-8-21)14-15-4-3-5-17(12-15)29-19(22)23/h3-5,12-13,19H,6-11,14H2,1-2H3. The molecule has 0 N–H and O–H groups in total. The van der Waals surface area contributed by atoms with Crippen LogP contribution in [0.15, 0.2) is 30.5 Å². The summed E-state index contributed by atoms with van der Waals surface area (Å²) in [5.41, 5.74) is 2.79. The number of aromatic nitrogens is 2. The highest BCUT2D eigenvalue weighted by atomic mass is 19.3. The Hall–Kier alpha value is -2.32. The Labute approximate surface area is 169 Å². The summed E-state index contributed by atoms with van der Waals surface area (Å²) in [6.45, 7) is 0.264. The molecule has 8 heteroatoms. The Morgan fingerprint density at radius 2 is 2.07 bits per heavy atom. The number of fused-ring (bicyclic) bond motifs is 2. The van der Waals surface area contributed by atoms with E-state index in [9.17, 15) is 8.78 Å². The molecule has 1 spiro atoms. The maximum atomic E-state index is 12.5. The van der Waals surface area contributed by atoms with E-state index in [-0.39, 0.29) is 11.4 Å². The average molecular weight is 404 g/mol. The van der Waals surface area contributed by atoms with Crippen LogP contribution in [0.4, 0.5) is 14.7 Å². The summed E-state index contributed by atoms with van der Waals surface area (Å²) in [5, 5.41) is 0. The van der Waals surface area contributed by atoms with Gasteiger partial charge in [0.1, 0.15) is 11.4 Å². The molecule has 1 fully saturated rings. The Balaban J connectivity index is 1.46. The highest BCUT2D eigenvalue weighted by Gasteiger charge is 2.42. The number of piperidine rings is 1. The van der Waals surface area contributed by atoms with Crippen LogP contribution in [-0.2, 0) is 23.3 Å². The van der Waals surface area contributed by atoms with E-state index >= 15 is 0 Å². The van der Waals surface area contributed by atoms with E-state index in [1.54, 1.807) is 18.2 Å². The molecule has 0 radical (unpaired) electrons. The average Bonchev–Trinajstić information content (AvgIpc) is 2.70. The van der Waals surface area contributed by atoms with Crippen LogP contribution < -0.4 is 9.64 Å². The van der Waals surface area contributed by atoms with Crippen LogP contribution in [0.25, 0.3) is 0 Å². The number of anilines is 1. The Morgan fingerprint density at radius 1 is 1.28 bits per heavy atom. The summed E-state index contributed by atoms with van der Waals surface area (Å²) in [4.78, 5) is 13.5. The largest absolute Gasteiger partial charge is 0.435 e. The smallest absolute Gasteiger partial charge is 0.387 e. The van der Waals surface area contributed by atoms with E-state index in [0.717, 1.165) is 43.6 Å². The number of halogens is 2. The van der Waals surface area contributed by atoms with Gasteiger partial charge in [0.05, 0.1) is 12.3 Å².